The molecule has 0 heterocycles. The van der Waals surface area contributed by atoms with Crippen molar-refractivity contribution in [3.63, 3.8) is 0 Å². The molecule has 0 aliphatic heterocycles. The van der Waals surface area contributed by atoms with Gasteiger partial charge in [0.05, 0.1) is 6.61 Å². The van der Waals surface area contributed by atoms with Crippen molar-refractivity contribution in [2.24, 2.45) is 17.8 Å². The molecule has 0 aliphatic carbocycles. The number of carbonyl (C=O) groups excluding carboxylic acids is 1. The van der Waals surface area contributed by atoms with E-state index in [1.54, 1.807) is 0 Å². The molecule has 0 rings (SSSR count). The summed E-state index contributed by atoms with van der Waals surface area (Å²) < 4.78 is 5.29. The lowest BCUT2D eigenvalue weighted by molar-refractivity contribution is -0.140. The van der Waals surface area contributed by atoms with Crippen molar-refractivity contribution in [1.82, 2.24) is 0 Å². The molecule has 0 spiro atoms. The Hall–Kier alpha value is -0.790. The van der Waals surface area contributed by atoms with Crippen LogP contribution >= 0.6 is 0 Å². The van der Waals surface area contributed by atoms with Crippen molar-refractivity contribution in [2.75, 3.05) is 6.61 Å². The van der Waals surface area contributed by atoms with E-state index in [1.165, 1.54) is 0 Å². The number of carbonyl (C=O) groups is 1. The average Bonchev–Trinajstić information content (AvgIpc) is 2.19. The summed E-state index contributed by atoms with van der Waals surface area (Å²) in [4.78, 5) is 11.9. The first-order chi connectivity index (χ1) is 7.82. The highest BCUT2D eigenvalue weighted by atomic mass is 16.5. The van der Waals surface area contributed by atoms with E-state index in [-0.39, 0.29) is 5.97 Å². The highest BCUT2D eigenvalue weighted by molar-refractivity contribution is 5.88. The molecule has 2 heteroatoms. The van der Waals surface area contributed by atoms with Crippen LogP contribution in [0.15, 0.2) is 11.6 Å². The predicted molar refractivity (Wildman–Crippen MR) is 72.8 cm³/mol. The minimum atomic E-state index is -0.131. The summed E-state index contributed by atoms with van der Waals surface area (Å²) in [5, 5.41) is 0. The van der Waals surface area contributed by atoms with E-state index in [1.807, 2.05) is 19.9 Å². The van der Waals surface area contributed by atoms with Crippen molar-refractivity contribution in [2.45, 2.75) is 54.4 Å². The van der Waals surface area contributed by atoms with Crippen LogP contribution in [-0.4, -0.2) is 12.6 Å². The first-order valence-electron chi connectivity index (χ1n) is 6.69. The SMILES string of the molecule is CC(C)CC=C(CC(C)C)C(=O)OCC(C)C. The third-order valence-electron chi connectivity index (χ3n) is 2.27. The van der Waals surface area contributed by atoms with E-state index in [2.05, 4.69) is 27.7 Å². The van der Waals surface area contributed by atoms with Crippen LogP contribution in [0.4, 0.5) is 0 Å². The maximum atomic E-state index is 11.9. The smallest absolute Gasteiger partial charge is 0.333 e. The Morgan fingerprint density at radius 2 is 1.59 bits per heavy atom. The Balaban J connectivity index is 4.45. The van der Waals surface area contributed by atoms with E-state index in [9.17, 15) is 4.79 Å². The van der Waals surface area contributed by atoms with Crippen molar-refractivity contribution in [1.29, 1.82) is 0 Å². The zero-order valence-electron chi connectivity index (χ0n) is 12.2. The van der Waals surface area contributed by atoms with Gasteiger partial charge in [-0.25, -0.2) is 4.79 Å². The minimum Gasteiger partial charge on any atom is -0.462 e. The van der Waals surface area contributed by atoms with Gasteiger partial charge >= 0.3 is 5.97 Å². The minimum absolute atomic E-state index is 0.131. The van der Waals surface area contributed by atoms with Crippen molar-refractivity contribution >= 4 is 5.97 Å². The molecule has 17 heavy (non-hydrogen) atoms. The van der Waals surface area contributed by atoms with Gasteiger partial charge in [-0.05, 0) is 30.6 Å². The molecule has 0 aromatic heterocycles. The van der Waals surface area contributed by atoms with E-state index in [0.29, 0.717) is 24.4 Å². The van der Waals surface area contributed by atoms with Crippen LogP contribution in [0.5, 0.6) is 0 Å². The molecule has 0 saturated heterocycles. The highest BCUT2D eigenvalue weighted by Gasteiger charge is 2.13. The van der Waals surface area contributed by atoms with E-state index in [0.717, 1.165) is 18.4 Å². The molecule has 0 aliphatic rings. The number of ether oxygens (including phenoxy) is 1. The maximum absolute atomic E-state index is 11.9. The Labute approximate surface area is 106 Å². The summed E-state index contributed by atoms with van der Waals surface area (Å²) in [6, 6.07) is 0. The van der Waals surface area contributed by atoms with Crippen LogP contribution < -0.4 is 0 Å². The van der Waals surface area contributed by atoms with Gasteiger partial charge < -0.3 is 4.74 Å². The second-order valence-corrected chi connectivity index (χ2v) is 5.95. The standard InChI is InChI=1S/C15H28O2/c1-11(2)7-8-14(9-12(3)4)15(16)17-10-13(5)6/h8,11-13H,7,9-10H2,1-6H3. The Kier molecular flexibility index (Phi) is 7.94. The molecule has 0 aromatic rings. The lowest BCUT2D eigenvalue weighted by Gasteiger charge is -2.12. The van der Waals surface area contributed by atoms with Gasteiger partial charge in [0.25, 0.3) is 0 Å². The summed E-state index contributed by atoms with van der Waals surface area (Å²) in [7, 11) is 0. The van der Waals surface area contributed by atoms with Gasteiger partial charge in [-0.15, -0.1) is 0 Å². The maximum Gasteiger partial charge on any atom is 0.333 e. The zero-order valence-corrected chi connectivity index (χ0v) is 12.2. The molecule has 0 radical (unpaired) electrons. The number of rotatable bonds is 7. The summed E-state index contributed by atoms with van der Waals surface area (Å²) in [6.07, 6.45) is 3.80. The Morgan fingerprint density at radius 1 is 1.00 bits per heavy atom. The third-order valence-corrected chi connectivity index (χ3v) is 2.27. The largest absolute Gasteiger partial charge is 0.462 e. The second kappa shape index (κ2) is 8.32. The second-order valence-electron chi connectivity index (χ2n) is 5.95. The van der Waals surface area contributed by atoms with Gasteiger partial charge in [0.15, 0.2) is 0 Å². The molecule has 0 amide bonds. The predicted octanol–water partition coefficient (Wildman–Crippen LogP) is 4.20. The lowest BCUT2D eigenvalue weighted by atomic mass is 10.00. The van der Waals surface area contributed by atoms with Crippen molar-refractivity contribution in [3.05, 3.63) is 11.6 Å². The molecule has 100 valence electrons. The van der Waals surface area contributed by atoms with Crippen LogP contribution in [0.3, 0.4) is 0 Å². The molecule has 0 saturated carbocycles. The number of hydrogen-bond donors (Lipinski definition) is 0. The van der Waals surface area contributed by atoms with E-state index < -0.39 is 0 Å². The molecular weight excluding hydrogens is 212 g/mol. The fourth-order valence-electron chi connectivity index (χ4n) is 1.40. The fraction of sp³-hybridized carbons (Fsp3) is 0.800. The molecule has 0 aromatic carbocycles. The summed E-state index contributed by atoms with van der Waals surface area (Å²) in [5.41, 5.74) is 0.842. The highest BCUT2D eigenvalue weighted by Crippen LogP contribution is 2.15. The topological polar surface area (TPSA) is 26.3 Å². The number of hydrogen-bond acceptors (Lipinski definition) is 2. The first-order valence-corrected chi connectivity index (χ1v) is 6.69. The molecule has 0 atom stereocenters. The van der Waals surface area contributed by atoms with Crippen LogP contribution in [0.2, 0.25) is 0 Å². The summed E-state index contributed by atoms with van der Waals surface area (Å²) >= 11 is 0. The average molecular weight is 240 g/mol. The van der Waals surface area contributed by atoms with Crippen molar-refractivity contribution < 1.29 is 9.53 Å². The number of allylic oxidation sites excluding steroid dienone is 1. The third kappa shape index (κ3) is 8.96. The number of esters is 1. The normalized spacial score (nSPS) is 12.6. The van der Waals surface area contributed by atoms with Crippen LogP contribution in [0.1, 0.15) is 54.4 Å². The Morgan fingerprint density at radius 3 is 2.00 bits per heavy atom. The molecule has 0 unspecified atom stereocenters. The monoisotopic (exact) mass is 240 g/mol. The van der Waals surface area contributed by atoms with E-state index >= 15 is 0 Å². The van der Waals surface area contributed by atoms with Gasteiger partial charge in [0.2, 0.25) is 0 Å². The van der Waals surface area contributed by atoms with Crippen LogP contribution in [0, 0.1) is 17.8 Å². The van der Waals surface area contributed by atoms with Gasteiger partial charge in [-0.3, -0.25) is 0 Å². The lowest BCUT2D eigenvalue weighted by Crippen LogP contribution is -2.13. The quantitative estimate of drug-likeness (QED) is 0.492. The van der Waals surface area contributed by atoms with Crippen LogP contribution in [0.25, 0.3) is 0 Å². The zero-order chi connectivity index (χ0) is 13.4. The first kappa shape index (κ1) is 16.2. The van der Waals surface area contributed by atoms with Gasteiger partial charge in [0, 0.05) is 5.57 Å². The summed E-state index contributed by atoms with van der Waals surface area (Å²) in [6.45, 7) is 13.2. The van der Waals surface area contributed by atoms with Gasteiger partial charge in [-0.1, -0.05) is 47.6 Å². The van der Waals surface area contributed by atoms with Gasteiger partial charge in [-0.2, -0.15) is 0 Å². The molecule has 0 bridgehead atoms. The van der Waals surface area contributed by atoms with E-state index in [4.69, 9.17) is 4.74 Å². The van der Waals surface area contributed by atoms with Crippen LogP contribution in [-0.2, 0) is 9.53 Å². The molecule has 0 fully saturated rings. The fourth-order valence-corrected chi connectivity index (χ4v) is 1.40. The molecule has 0 N–H and O–H groups in total. The molecular formula is C15H28O2. The van der Waals surface area contributed by atoms with Crippen molar-refractivity contribution in [3.8, 4) is 0 Å². The Bertz CT molecular complexity index is 250. The molecule has 2 nitrogen and oxygen atoms in total. The van der Waals surface area contributed by atoms with Gasteiger partial charge in [0.1, 0.15) is 0 Å². The summed E-state index contributed by atoms with van der Waals surface area (Å²) in [5.74, 6) is 1.33.